The molecule has 0 spiro atoms. The second-order valence-corrected chi connectivity index (χ2v) is 7.79. The number of hydrogen-bond donors (Lipinski definition) is 1. The molecule has 0 aliphatic carbocycles. The van der Waals surface area contributed by atoms with Crippen LogP contribution in [-0.2, 0) is 20.9 Å². The van der Waals surface area contributed by atoms with Crippen LogP contribution in [0.4, 0.5) is 0 Å². The minimum Gasteiger partial charge on any atom is -0.481 e. The van der Waals surface area contributed by atoms with Crippen molar-refractivity contribution in [2.24, 2.45) is 17.3 Å². The summed E-state index contributed by atoms with van der Waals surface area (Å²) in [5.41, 5.74) is 0.242. The highest BCUT2D eigenvalue weighted by Crippen LogP contribution is 2.44. The molecule has 0 unspecified atom stereocenters. The number of pyridine rings is 1. The van der Waals surface area contributed by atoms with Gasteiger partial charge < -0.3 is 14.7 Å². The van der Waals surface area contributed by atoms with E-state index in [1.807, 2.05) is 18.3 Å². The molecule has 7 nitrogen and oxygen atoms in total. The molecular weight excluding hydrogens is 334 g/mol. The van der Waals surface area contributed by atoms with E-state index in [9.17, 15) is 14.7 Å². The Kier molecular flexibility index (Phi) is 4.67. The van der Waals surface area contributed by atoms with Gasteiger partial charge in [-0.05, 0) is 24.5 Å². The zero-order valence-electron chi connectivity index (χ0n) is 14.8. The molecule has 0 bridgehead atoms. The predicted molar refractivity (Wildman–Crippen MR) is 93.2 cm³/mol. The van der Waals surface area contributed by atoms with Crippen LogP contribution in [0.2, 0.25) is 0 Å². The molecule has 7 heteroatoms. The highest BCUT2D eigenvalue weighted by molar-refractivity contribution is 5.83. The lowest BCUT2D eigenvalue weighted by Gasteiger charge is -2.29. The van der Waals surface area contributed by atoms with Gasteiger partial charge in [0.15, 0.2) is 0 Å². The Labute approximate surface area is 152 Å². The first-order valence-electron chi connectivity index (χ1n) is 9.30. The van der Waals surface area contributed by atoms with Crippen molar-refractivity contribution in [2.75, 3.05) is 39.4 Å². The molecule has 1 N–H and O–H groups in total. The van der Waals surface area contributed by atoms with Crippen LogP contribution < -0.4 is 0 Å². The van der Waals surface area contributed by atoms with Gasteiger partial charge in [-0.15, -0.1) is 0 Å². The predicted octanol–water partition coefficient (Wildman–Crippen LogP) is 0.853. The summed E-state index contributed by atoms with van der Waals surface area (Å²) in [4.78, 5) is 33.1. The number of amides is 1. The first-order chi connectivity index (χ1) is 12.6. The van der Waals surface area contributed by atoms with Crippen molar-refractivity contribution in [3.05, 3.63) is 30.1 Å². The maximum absolute atomic E-state index is 12.8. The van der Waals surface area contributed by atoms with Crippen molar-refractivity contribution in [1.29, 1.82) is 0 Å². The third kappa shape index (κ3) is 3.10. The average molecular weight is 359 g/mol. The van der Waals surface area contributed by atoms with E-state index in [1.165, 1.54) is 0 Å². The topological polar surface area (TPSA) is 83.0 Å². The minimum atomic E-state index is -0.844. The molecule has 0 radical (unpaired) electrons. The Morgan fingerprint density at radius 1 is 1.27 bits per heavy atom. The van der Waals surface area contributed by atoms with Crippen LogP contribution in [0.15, 0.2) is 24.5 Å². The van der Waals surface area contributed by atoms with E-state index in [0.29, 0.717) is 45.9 Å². The van der Waals surface area contributed by atoms with Crippen LogP contribution in [0.1, 0.15) is 18.4 Å². The van der Waals surface area contributed by atoms with Gasteiger partial charge in [0.1, 0.15) is 5.41 Å². The lowest BCUT2D eigenvalue weighted by atomic mass is 9.81. The third-order valence-corrected chi connectivity index (χ3v) is 6.12. The smallest absolute Gasteiger partial charge is 0.313 e. The third-order valence-electron chi connectivity index (χ3n) is 6.12. The number of likely N-dealkylation sites (tertiary alicyclic amines) is 2. The monoisotopic (exact) mass is 359 g/mol. The first kappa shape index (κ1) is 17.4. The van der Waals surface area contributed by atoms with Crippen molar-refractivity contribution in [3.8, 4) is 0 Å². The molecule has 140 valence electrons. The van der Waals surface area contributed by atoms with E-state index >= 15 is 0 Å². The number of ether oxygens (including phenoxy) is 1. The molecule has 1 amide bonds. The highest BCUT2D eigenvalue weighted by Gasteiger charge is 2.58. The van der Waals surface area contributed by atoms with E-state index in [0.717, 1.165) is 18.4 Å². The fraction of sp³-hybridized carbons (Fsp3) is 0.632. The van der Waals surface area contributed by atoms with Crippen molar-refractivity contribution in [2.45, 2.75) is 19.4 Å². The molecule has 0 aromatic carbocycles. The SMILES string of the molecule is O=C(C1CCOCC1)N1C[C@H]2CN(Cc3cccnc3)C[C@@]2(C(=O)O)C1. The molecule has 1 aromatic rings. The molecule has 2 atom stereocenters. The number of nitrogens with zero attached hydrogens (tertiary/aromatic N) is 3. The van der Waals surface area contributed by atoms with Crippen molar-refractivity contribution in [1.82, 2.24) is 14.8 Å². The van der Waals surface area contributed by atoms with Crippen LogP contribution in [0.5, 0.6) is 0 Å². The summed E-state index contributed by atoms with van der Waals surface area (Å²) in [6.45, 7) is 4.01. The highest BCUT2D eigenvalue weighted by atomic mass is 16.5. The lowest BCUT2D eigenvalue weighted by Crippen LogP contribution is -2.43. The summed E-state index contributed by atoms with van der Waals surface area (Å²) >= 11 is 0. The molecule has 0 saturated carbocycles. The summed E-state index contributed by atoms with van der Waals surface area (Å²) < 4.78 is 5.34. The van der Waals surface area contributed by atoms with E-state index in [-0.39, 0.29) is 17.7 Å². The Morgan fingerprint density at radius 3 is 2.73 bits per heavy atom. The van der Waals surface area contributed by atoms with Gasteiger partial charge in [-0.3, -0.25) is 19.5 Å². The van der Waals surface area contributed by atoms with Crippen LogP contribution in [-0.4, -0.2) is 71.2 Å². The van der Waals surface area contributed by atoms with Gasteiger partial charge in [-0.2, -0.15) is 0 Å². The summed E-state index contributed by atoms with van der Waals surface area (Å²) in [7, 11) is 0. The van der Waals surface area contributed by atoms with Crippen LogP contribution in [0.3, 0.4) is 0 Å². The maximum Gasteiger partial charge on any atom is 0.313 e. The molecule has 3 fully saturated rings. The van der Waals surface area contributed by atoms with Crippen molar-refractivity contribution >= 4 is 11.9 Å². The minimum absolute atomic E-state index is 0.0135. The Morgan fingerprint density at radius 2 is 2.08 bits per heavy atom. The van der Waals surface area contributed by atoms with Gasteiger partial charge in [0.05, 0.1) is 0 Å². The second-order valence-electron chi connectivity index (χ2n) is 7.79. The van der Waals surface area contributed by atoms with Gasteiger partial charge in [-0.25, -0.2) is 0 Å². The molecular formula is C19H25N3O4. The standard InChI is InChI=1S/C19H25N3O4/c23-17(15-3-6-26-7-4-15)22-11-16-10-21(9-14-2-1-5-20-8-14)12-19(16,13-22)18(24)25/h1-2,5,8,15-16H,3-4,6-7,9-13H2,(H,24,25)/t16-,19-/m1/s1. The second kappa shape index (κ2) is 6.96. The molecule has 3 saturated heterocycles. The number of rotatable bonds is 4. The van der Waals surface area contributed by atoms with E-state index in [2.05, 4.69) is 9.88 Å². The lowest BCUT2D eigenvalue weighted by molar-refractivity contribution is -0.149. The number of carbonyl (C=O) groups excluding carboxylic acids is 1. The average Bonchev–Trinajstić information content (AvgIpc) is 3.18. The summed E-state index contributed by atoms with van der Waals surface area (Å²) in [6.07, 6.45) is 5.05. The largest absolute Gasteiger partial charge is 0.481 e. The molecule has 26 heavy (non-hydrogen) atoms. The zero-order chi connectivity index (χ0) is 18.1. The Hall–Kier alpha value is -1.99. The van der Waals surface area contributed by atoms with E-state index < -0.39 is 11.4 Å². The first-order valence-corrected chi connectivity index (χ1v) is 9.30. The number of carboxylic acids is 1. The van der Waals surface area contributed by atoms with Gasteiger partial charge in [-0.1, -0.05) is 6.07 Å². The Balaban J connectivity index is 1.45. The molecule has 4 heterocycles. The molecule has 3 aliphatic heterocycles. The number of aliphatic carboxylic acids is 1. The van der Waals surface area contributed by atoms with Gasteiger partial charge in [0.2, 0.25) is 5.91 Å². The summed E-state index contributed by atoms with van der Waals surface area (Å²) in [6, 6.07) is 3.91. The number of hydrogen-bond acceptors (Lipinski definition) is 5. The van der Waals surface area contributed by atoms with Crippen LogP contribution >= 0.6 is 0 Å². The van der Waals surface area contributed by atoms with E-state index in [4.69, 9.17) is 4.74 Å². The van der Waals surface area contributed by atoms with Gasteiger partial charge >= 0.3 is 5.97 Å². The fourth-order valence-electron chi connectivity index (χ4n) is 4.71. The zero-order valence-corrected chi connectivity index (χ0v) is 14.8. The van der Waals surface area contributed by atoms with E-state index in [1.54, 1.807) is 11.1 Å². The van der Waals surface area contributed by atoms with Crippen LogP contribution in [0, 0.1) is 17.3 Å². The van der Waals surface area contributed by atoms with Crippen LogP contribution in [0.25, 0.3) is 0 Å². The number of carboxylic acid groups (broad SMARTS) is 1. The normalized spacial score (nSPS) is 29.7. The quantitative estimate of drug-likeness (QED) is 0.858. The van der Waals surface area contributed by atoms with Gasteiger partial charge in [0, 0.05) is 70.2 Å². The fourth-order valence-corrected chi connectivity index (χ4v) is 4.71. The molecule has 4 rings (SSSR count). The number of carbonyl (C=O) groups is 2. The summed E-state index contributed by atoms with van der Waals surface area (Å²) in [5.74, 6) is -0.694. The summed E-state index contributed by atoms with van der Waals surface area (Å²) in [5, 5.41) is 9.97. The maximum atomic E-state index is 12.8. The van der Waals surface area contributed by atoms with Gasteiger partial charge in [0.25, 0.3) is 0 Å². The number of aromatic nitrogens is 1. The molecule has 1 aromatic heterocycles. The van der Waals surface area contributed by atoms with Crippen molar-refractivity contribution in [3.63, 3.8) is 0 Å². The Bertz CT molecular complexity index is 677. The molecule has 3 aliphatic rings. The van der Waals surface area contributed by atoms with Crippen molar-refractivity contribution < 1.29 is 19.4 Å². The number of fused-ring (bicyclic) bond motifs is 1.